The van der Waals surface area contributed by atoms with Crippen LogP contribution in [-0.2, 0) is 11.2 Å². The Bertz CT molecular complexity index is 453. The number of hydrogen-bond donors (Lipinski definition) is 1. The maximum absolute atomic E-state index is 12.4. The molecule has 2 nitrogen and oxygen atoms in total. The first kappa shape index (κ1) is 14.3. The van der Waals surface area contributed by atoms with Crippen LogP contribution >= 0.6 is 0 Å². The van der Waals surface area contributed by atoms with Crippen LogP contribution in [0.25, 0.3) is 0 Å². The monoisotopic (exact) mass is 259 g/mol. The van der Waals surface area contributed by atoms with Crippen molar-refractivity contribution >= 4 is 5.78 Å². The van der Waals surface area contributed by atoms with Gasteiger partial charge in [-0.15, -0.1) is 0 Å². The van der Waals surface area contributed by atoms with E-state index in [0.29, 0.717) is 12.2 Å². The van der Waals surface area contributed by atoms with Gasteiger partial charge in [-0.2, -0.15) is 0 Å². The molecule has 1 aliphatic carbocycles. The average Bonchev–Trinajstić information content (AvgIpc) is 2.58. The Kier molecular flexibility index (Phi) is 4.76. The van der Waals surface area contributed by atoms with Crippen molar-refractivity contribution in [1.29, 1.82) is 0 Å². The molecule has 0 aromatic heterocycles. The largest absolute Gasteiger partial charge is 0.327 e. The van der Waals surface area contributed by atoms with E-state index in [2.05, 4.69) is 32.0 Å². The summed E-state index contributed by atoms with van der Waals surface area (Å²) < 4.78 is 0. The first-order valence-corrected chi connectivity index (χ1v) is 7.42. The van der Waals surface area contributed by atoms with E-state index in [1.165, 1.54) is 24.0 Å². The molecule has 1 saturated carbocycles. The highest BCUT2D eigenvalue weighted by molar-refractivity contribution is 5.84. The summed E-state index contributed by atoms with van der Waals surface area (Å²) in [5.41, 5.74) is 9.84. The first-order chi connectivity index (χ1) is 9.08. The maximum atomic E-state index is 12.4. The van der Waals surface area contributed by atoms with Gasteiger partial charge < -0.3 is 5.73 Å². The third-order valence-corrected chi connectivity index (χ3v) is 4.43. The smallest absolute Gasteiger partial charge is 0.141 e. The van der Waals surface area contributed by atoms with E-state index in [-0.39, 0.29) is 12.0 Å². The number of carbonyl (C=O) groups is 1. The van der Waals surface area contributed by atoms with E-state index in [1.54, 1.807) is 0 Å². The fourth-order valence-electron chi connectivity index (χ4n) is 2.98. The lowest BCUT2D eigenvalue weighted by molar-refractivity contribution is -0.123. The first-order valence-electron chi connectivity index (χ1n) is 7.42. The number of nitrogens with two attached hydrogens (primary N) is 1. The van der Waals surface area contributed by atoms with Crippen molar-refractivity contribution in [2.75, 3.05) is 0 Å². The van der Waals surface area contributed by atoms with Gasteiger partial charge in [-0.25, -0.2) is 0 Å². The van der Waals surface area contributed by atoms with E-state index in [1.807, 2.05) is 0 Å². The van der Waals surface area contributed by atoms with E-state index in [4.69, 9.17) is 5.73 Å². The molecule has 19 heavy (non-hydrogen) atoms. The Hall–Kier alpha value is -1.15. The molecule has 2 rings (SSSR count). The second-order valence-corrected chi connectivity index (χ2v) is 5.97. The van der Waals surface area contributed by atoms with Gasteiger partial charge in [0, 0.05) is 18.4 Å². The molecule has 1 aromatic rings. The molecule has 1 aliphatic rings. The van der Waals surface area contributed by atoms with Crippen molar-refractivity contribution in [2.24, 2.45) is 11.7 Å². The lowest BCUT2D eigenvalue weighted by atomic mass is 9.87. The van der Waals surface area contributed by atoms with Crippen molar-refractivity contribution in [3.63, 3.8) is 0 Å². The summed E-state index contributed by atoms with van der Waals surface area (Å²) in [5.74, 6) is 0.404. The molecule has 2 N–H and O–H groups in total. The highest BCUT2D eigenvalue weighted by Gasteiger charge is 2.26. The molecule has 0 spiro atoms. The number of rotatable bonds is 3. The molecular formula is C17H25NO. The molecule has 1 fully saturated rings. The summed E-state index contributed by atoms with van der Waals surface area (Å²) in [4.78, 5) is 12.4. The zero-order valence-corrected chi connectivity index (χ0v) is 12.1. The molecular weight excluding hydrogens is 234 g/mol. The fourth-order valence-corrected chi connectivity index (χ4v) is 2.98. The Morgan fingerprint density at radius 2 is 1.89 bits per heavy atom. The number of Topliss-reactive ketones (excluding diaryl/α,β-unsaturated/α-hetero) is 1. The van der Waals surface area contributed by atoms with Gasteiger partial charge in [0.05, 0.1) is 0 Å². The molecule has 0 saturated heterocycles. The highest BCUT2D eigenvalue weighted by Crippen LogP contribution is 2.24. The Morgan fingerprint density at radius 3 is 2.63 bits per heavy atom. The average molecular weight is 259 g/mol. The molecule has 0 amide bonds. The lowest BCUT2D eigenvalue weighted by Crippen LogP contribution is -2.35. The molecule has 0 bridgehead atoms. The van der Waals surface area contributed by atoms with Gasteiger partial charge >= 0.3 is 0 Å². The van der Waals surface area contributed by atoms with Crippen LogP contribution in [0.1, 0.15) is 48.8 Å². The van der Waals surface area contributed by atoms with Crippen LogP contribution in [-0.4, -0.2) is 11.8 Å². The number of ketones is 1. The van der Waals surface area contributed by atoms with Crippen LogP contribution in [0.3, 0.4) is 0 Å². The highest BCUT2D eigenvalue weighted by atomic mass is 16.1. The molecule has 1 aromatic carbocycles. The minimum Gasteiger partial charge on any atom is -0.327 e. The molecule has 104 valence electrons. The molecule has 2 heteroatoms. The van der Waals surface area contributed by atoms with Crippen LogP contribution in [0, 0.1) is 19.8 Å². The van der Waals surface area contributed by atoms with Gasteiger partial charge in [-0.3, -0.25) is 4.79 Å². The van der Waals surface area contributed by atoms with Crippen LogP contribution in [0.15, 0.2) is 18.2 Å². The number of aryl methyl sites for hydroxylation is 2. The molecule has 0 heterocycles. The number of carbonyl (C=O) groups excluding carboxylic acids is 1. The van der Waals surface area contributed by atoms with Crippen molar-refractivity contribution in [3.8, 4) is 0 Å². The molecule has 2 unspecified atom stereocenters. The van der Waals surface area contributed by atoms with Gasteiger partial charge in [-0.05, 0) is 43.4 Å². The van der Waals surface area contributed by atoms with E-state index >= 15 is 0 Å². The molecule has 2 atom stereocenters. The van der Waals surface area contributed by atoms with Crippen LogP contribution in [0.5, 0.6) is 0 Å². The third-order valence-electron chi connectivity index (χ3n) is 4.43. The summed E-state index contributed by atoms with van der Waals surface area (Å²) in [5, 5.41) is 0. The standard InChI is InChI=1S/C17H25NO/c1-12-8-9-14(10-13(12)2)11-17(19)15-6-4-3-5-7-16(15)18/h8-10,15-16H,3-7,11,18H2,1-2H3. The van der Waals surface area contributed by atoms with Gasteiger partial charge in [0.15, 0.2) is 0 Å². The zero-order chi connectivity index (χ0) is 13.8. The SMILES string of the molecule is Cc1ccc(CC(=O)C2CCCCCC2N)cc1C. The topological polar surface area (TPSA) is 43.1 Å². The summed E-state index contributed by atoms with van der Waals surface area (Å²) in [6, 6.07) is 6.38. The Labute approximate surface area is 116 Å². The van der Waals surface area contributed by atoms with Gasteiger partial charge in [0.1, 0.15) is 5.78 Å². The number of hydrogen-bond acceptors (Lipinski definition) is 2. The predicted molar refractivity (Wildman–Crippen MR) is 79.2 cm³/mol. The summed E-state index contributed by atoms with van der Waals surface area (Å²) >= 11 is 0. The lowest BCUT2D eigenvalue weighted by Gasteiger charge is -2.20. The van der Waals surface area contributed by atoms with Crippen molar-refractivity contribution < 1.29 is 4.79 Å². The summed E-state index contributed by atoms with van der Waals surface area (Å²) in [6.45, 7) is 4.20. The second-order valence-electron chi connectivity index (χ2n) is 5.97. The second kappa shape index (κ2) is 6.33. The van der Waals surface area contributed by atoms with Crippen LogP contribution in [0.2, 0.25) is 0 Å². The van der Waals surface area contributed by atoms with Gasteiger partial charge in [-0.1, -0.05) is 37.5 Å². The van der Waals surface area contributed by atoms with E-state index < -0.39 is 0 Å². The normalized spacial score (nSPS) is 23.9. The Morgan fingerprint density at radius 1 is 1.16 bits per heavy atom. The van der Waals surface area contributed by atoms with E-state index in [9.17, 15) is 4.79 Å². The van der Waals surface area contributed by atoms with Crippen LogP contribution in [0.4, 0.5) is 0 Å². The maximum Gasteiger partial charge on any atom is 0.141 e. The van der Waals surface area contributed by atoms with Crippen molar-refractivity contribution in [1.82, 2.24) is 0 Å². The number of benzene rings is 1. The van der Waals surface area contributed by atoms with Gasteiger partial charge in [0.25, 0.3) is 0 Å². The van der Waals surface area contributed by atoms with Crippen LogP contribution < -0.4 is 5.73 Å². The van der Waals surface area contributed by atoms with Gasteiger partial charge in [0.2, 0.25) is 0 Å². The fraction of sp³-hybridized carbons (Fsp3) is 0.588. The summed E-state index contributed by atoms with van der Waals surface area (Å²) in [7, 11) is 0. The minimum absolute atomic E-state index is 0.0709. The zero-order valence-electron chi connectivity index (χ0n) is 12.1. The predicted octanol–water partition coefficient (Wildman–Crippen LogP) is 3.32. The van der Waals surface area contributed by atoms with E-state index in [0.717, 1.165) is 24.8 Å². The molecule has 0 aliphatic heterocycles. The molecule has 0 radical (unpaired) electrons. The van der Waals surface area contributed by atoms with Crippen molar-refractivity contribution in [2.45, 2.75) is 58.4 Å². The van der Waals surface area contributed by atoms with Crippen molar-refractivity contribution in [3.05, 3.63) is 34.9 Å². The Balaban J connectivity index is 2.04. The summed E-state index contributed by atoms with van der Waals surface area (Å²) in [6.07, 6.45) is 6.07. The minimum atomic E-state index is 0.0709. The quantitative estimate of drug-likeness (QED) is 0.846. The third kappa shape index (κ3) is 3.66.